The highest BCUT2D eigenvalue weighted by Crippen LogP contribution is 2.32. The minimum Gasteiger partial charge on any atom is -0.496 e. The van der Waals surface area contributed by atoms with E-state index in [1.54, 1.807) is 33.0 Å². The van der Waals surface area contributed by atoms with Gasteiger partial charge in [0.2, 0.25) is 0 Å². The summed E-state index contributed by atoms with van der Waals surface area (Å²) in [6.45, 7) is 5.68. The van der Waals surface area contributed by atoms with E-state index < -0.39 is 5.97 Å². The van der Waals surface area contributed by atoms with Crippen LogP contribution in [0.3, 0.4) is 0 Å². The Bertz CT molecular complexity index is 980. The lowest BCUT2D eigenvalue weighted by atomic mass is 10.1. The number of carbonyl (C=O) groups is 1. The van der Waals surface area contributed by atoms with Gasteiger partial charge in [0.1, 0.15) is 11.3 Å². The van der Waals surface area contributed by atoms with Crippen LogP contribution in [0.2, 0.25) is 0 Å². The summed E-state index contributed by atoms with van der Waals surface area (Å²) in [6.07, 6.45) is 1.53. The molecule has 0 bridgehead atoms. The summed E-state index contributed by atoms with van der Waals surface area (Å²) in [6, 6.07) is 5.15. The number of esters is 1. The SMILES string of the molecule is CCOC(=O)c1cc(Br)c(=O)n(-c2c(C)ccc(OC)c2C)c1/N=C/N(C)C. The van der Waals surface area contributed by atoms with Gasteiger partial charge in [-0.3, -0.25) is 9.36 Å². The number of methoxy groups -OCH3 is 1. The first kappa shape index (κ1) is 21.7. The van der Waals surface area contributed by atoms with Gasteiger partial charge in [-0.25, -0.2) is 9.79 Å². The summed E-state index contributed by atoms with van der Waals surface area (Å²) in [4.78, 5) is 31.8. The molecule has 8 heteroatoms. The number of hydrogen-bond acceptors (Lipinski definition) is 5. The largest absolute Gasteiger partial charge is 0.496 e. The highest BCUT2D eigenvalue weighted by molar-refractivity contribution is 9.10. The molecule has 1 aromatic heterocycles. The highest BCUT2D eigenvalue weighted by atomic mass is 79.9. The molecule has 0 saturated carbocycles. The molecule has 1 aromatic carbocycles. The smallest absolute Gasteiger partial charge is 0.341 e. The van der Waals surface area contributed by atoms with Gasteiger partial charge < -0.3 is 14.4 Å². The van der Waals surface area contributed by atoms with Crippen molar-refractivity contribution in [3.63, 3.8) is 0 Å². The zero-order chi connectivity index (χ0) is 21.0. The van der Waals surface area contributed by atoms with E-state index >= 15 is 0 Å². The quantitative estimate of drug-likeness (QED) is 0.382. The number of aromatic nitrogens is 1. The Morgan fingerprint density at radius 1 is 1.32 bits per heavy atom. The Kier molecular flexibility index (Phi) is 7.01. The van der Waals surface area contributed by atoms with Crippen molar-refractivity contribution in [3.05, 3.63) is 49.7 Å². The fourth-order valence-corrected chi connectivity index (χ4v) is 3.23. The van der Waals surface area contributed by atoms with Gasteiger partial charge in [0.15, 0.2) is 5.82 Å². The fourth-order valence-electron chi connectivity index (χ4n) is 2.82. The van der Waals surface area contributed by atoms with Crippen LogP contribution in [0, 0.1) is 13.8 Å². The predicted octanol–water partition coefficient (Wildman–Crippen LogP) is 3.62. The fraction of sp³-hybridized carbons (Fsp3) is 0.350. The summed E-state index contributed by atoms with van der Waals surface area (Å²) in [5.74, 6) is 0.272. The number of carbonyl (C=O) groups excluding carboxylic acids is 1. The Morgan fingerprint density at radius 3 is 2.57 bits per heavy atom. The van der Waals surface area contributed by atoms with Crippen LogP contribution in [0.4, 0.5) is 5.82 Å². The Balaban J connectivity index is 2.98. The maximum Gasteiger partial charge on any atom is 0.341 e. The van der Waals surface area contributed by atoms with Gasteiger partial charge in [-0.2, -0.15) is 0 Å². The maximum absolute atomic E-state index is 13.1. The number of hydrogen-bond donors (Lipinski definition) is 0. The molecule has 0 N–H and O–H groups in total. The Hall–Kier alpha value is -2.61. The number of pyridine rings is 1. The average molecular weight is 450 g/mol. The van der Waals surface area contributed by atoms with Crippen molar-refractivity contribution in [3.8, 4) is 11.4 Å². The molecule has 7 nitrogen and oxygen atoms in total. The molecule has 0 spiro atoms. The van der Waals surface area contributed by atoms with Crippen LogP contribution < -0.4 is 10.3 Å². The van der Waals surface area contributed by atoms with Crippen LogP contribution >= 0.6 is 15.9 Å². The normalized spacial score (nSPS) is 11.0. The molecule has 1 heterocycles. The van der Waals surface area contributed by atoms with Crippen LogP contribution in [0.5, 0.6) is 5.75 Å². The third kappa shape index (κ3) is 4.27. The highest BCUT2D eigenvalue weighted by Gasteiger charge is 2.23. The van der Waals surface area contributed by atoms with Gasteiger partial charge in [0, 0.05) is 19.7 Å². The van der Waals surface area contributed by atoms with Gasteiger partial charge in [0.05, 0.1) is 30.2 Å². The van der Waals surface area contributed by atoms with E-state index in [4.69, 9.17) is 9.47 Å². The first-order chi connectivity index (χ1) is 13.2. The third-order valence-corrected chi connectivity index (χ3v) is 4.63. The van der Waals surface area contributed by atoms with Gasteiger partial charge in [-0.05, 0) is 54.4 Å². The number of benzene rings is 1. The standard InChI is InChI=1S/C20H24BrN3O4/c1-7-28-20(26)14-10-15(21)19(25)24(18(14)22-11-23(4)5)17-12(2)8-9-16(27-6)13(17)3/h8-11H,7H2,1-6H3/b22-11+. The summed E-state index contributed by atoms with van der Waals surface area (Å²) in [5, 5.41) is 0. The van der Waals surface area contributed by atoms with Gasteiger partial charge in [-0.1, -0.05) is 6.07 Å². The summed E-state index contributed by atoms with van der Waals surface area (Å²) < 4.78 is 12.3. The second-order valence-corrected chi connectivity index (χ2v) is 7.21. The Morgan fingerprint density at radius 2 is 2.00 bits per heavy atom. The van der Waals surface area contributed by atoms with Crippen molar-refractivity contribution < 1.29 is 14.3 Å². The molecule has 0 aliphatic heterocycles. The minimum atomic E-state index is -0.555. The van der Waals surface area contributed by atoms with E-state index in [0.29, 0.717) is 11.4 Å². The number of nitrogens with zero attached hydrogens (tertiary/aromatic N) is 3. The van der Waals surface area contributed by atoms with Crippen LogP contribution in [0.15, 0.2) is 32.5 Å². The number of ether oxygens (including phenoxy) is 2. The number of aryl methyl sites for hydroxylation is 1. The average Bonchev–Trinajstić information content (AvgIpc) is 2.64. The Labute approximate surface area is 172 Å². The number of aliphatic imine (C=N–C) groups is 1. The van der Waals surface area contributed by atoms with Crippen LogP contribution in [0.25, 0.3) is 5.69 Å². The molecule has 0 radical (unpaired) electrons. The first-order valence-corrected chi connectivity index (χ1v) is 9.50. The minimum absolute atomic E-state index is 0.188. The van der Waals surface area contributed by atoms with Crippen molar-refractivity contribution in [2.45, 2.75) is 20.8 Å². The van der Waals surface area contributed by atoms with E-state index in [1.807, 2.05) is 26.0 Å². The topological polar surface area (TPSA) is 73.1 Å². The zero-order valence-corrected chi connectivity index (χ0v) is 18.5. The zero-order valence-electron chi connectivity index (χ0n) is 16.9. The molecule has 0 aliphatic rings. The van der Waals surface area contributed by atoms with E-state index in [1.165, 1.54) is 17.0 Å². The lowest BCUT2D eigenvalue weighted by molar-refractivity contribution is 0.0526. The molecule has 2 rings (SSSR count). The number of halogens is 1. The van der Waals surface area contributed by atoms with Crippen LogP contribution in [0.1, 0.15) is 28.4 Å². The van der Waals surface area contributed by atoms with Crippen molar-refractivity contribution in [1.82, 2.24) is 9.47 Å². The van der Waals surface area contributed by atoms with Crippen molar-refractivity contribution >= 4 is 34.1 Å². The lowest BCUT2D eigenvalue weighted by Gasteiger charge is -2.19. The van der Waals surface area contributed by atoms with Gasteiger partial charge in [-0.15, -0.1) is 0 Å². The number of rotatable bonds is 6. The molecule has 0 fully saturated rings. The molecule has 0 atom stereocenters. The van der Waals surface area contributed by atoms with Crippen LogP contribution in [-0.4, -0.2) is 49.6 Å². The molecular formula is C20H24BrN3O4. The lowest BCUT2D eigenvalue weighted by Crippen LogP contribution is -2.24. The molecule has 2 aromatic rings. The maximum atomic E-state index is 13.1. The monoisotopic (exact) mass is 449 g/mol. The van der Waals surface area contributed by atoms with Crippen molar-refractivity contribution in [1.29, 1.82) is 0 Å². The summed E-state index contributed by atoms with van der Waals surface area (Å²) in [5.41, 5.74) is 2.07. The van der Waals surface area contributed by atoms with Gasteiger partial charge >= 0.3 is 5.97 Å². The summed E-state index contributed by atoms with van der Waals surface area (Å²) >= 11 is 3.28. The van der Waals surface area contributed by atoms with Crippen LogP contribution in [-0.2, 0) is 4.74 Å². The van der Waals surface area contributed by atoms with Crippen molar-refractivity contribution in [2.24, 2.45) is 4.99 Å². The van der Waals surface area contributed by atoms with E-state index in [0.717, 1.165) is 11.1 Å². The molecular weight excluding hydrogens is 426 g/mol. The molecule has 0 aliphatic carbocycles. The second-order valence-electron chi connectivity index (χ2n) is 6.36. The van der Waals surface area contributed by atoms with Gasteiger partial charge in [0.25, 0.3) is 5.56 Å². The summed E-state index contributed by atoms with van der Waals surface area (Å²) in [7, 11) is 5.17. The molecule has 0 amide bonds. The molecule has 0 saturated heterocycles. The molecule has 28 heavy (non-hydrogen) atoms. The van der Waals surface area contributed by atoms with Crippen molar-refractivity contribution in [2.75, 3.05) is 27.8 Å². The third-order valence-electron chi connectivity index (χ3n) is 4.06. The molecule has 0 unspecified atom stereocenters. The molecule has 150 valence electrons. The first-order valence-electron chi connectivity index (χ1n) is 8.70. The predicted molar refractivity (Wildman–Crippen MR) is 114 cm³/mol. The van der Waals surface area contributed by atoms with E-state index in [-0.39, 0.29) is 28.0 Å². The van der Waals surface area contributed by atoms with E-state index in [9.17, 15) is 9.59 Å². The van der Waals surface area contributed by atoms with E-state index in [2.05, 4.69) is 20.9 Å². The second kappa shape index (κ2) is 9.05.